The Balaban J connectivity index is 2.18. The standard InChI is InChI=1S/C20H28F3NO/c1-5-6-7-14-12-16(14)17(24-18(25)19(2,3)4)13-8-10-15(11-9-13)20(21,22)23/h8-11,14,16-17H,5-7,12H2,1-4H3,(H,24,25)/t14-,16+,17?/m1/s1. The molecule has 1 aromatic rings. The molecule has 0 spiro atoms. The summed E-state index contributed by atoms with van der Waals surface area (Å²) in [5, 5.41) is 3.08. The second-order valence-electron chi connectivity index (χ2n) is 8.12. The van der Waals surface area contributed by atoms with Crippen LogP contribution in [0.15, 0.2) is 24.3 Å². The van der Waals surface area contributed by atoms with E-state index in [0.29, 0.717) is 11.8 Å². The van der Waals surface area contributed by atoms with Crippen molar-refractivity contribution >= 4 is 5.91 Å². The molecule has 1 amide bonds. The van der Waals surface area contributed by atoms with E-state index in [9.17, 15) is 18.0 Å². The van der Waals surface area contributed by atoms with E-state index in [-0.39, 0.29) is 11.9 Å². The lowest BCUT2D eigenvalue weighted by Gasteiger charge is -2.25. The highest BCUT2D eigenvalue weighted by molar-refractivity contribution is 5.81. The molecule has 3 atom stereocenters. The van der Waals surface area contributed by atoms with Gasteiger partial charge in [-0.15, -0.1) is 0 Å². The first-order chi connectivity index (χ1) is 11.5. The van der Waals surface area contributed by atoms with Crippen LogP contribution in [0.3, 0.4) is 0 Å². The van der Waals surface area contributed by atoms with E-state index in [1.165, 1.54) is 12.1 Å². The minimum absolute atomic E-state index is 0.0708. The Kier molecular flexibility index (Phi) is 5.85. The van der Waals surface area contributed by atoms with E-state index in [0.717, 1.165) is 43.4 Å². The molecule has 1 unspecified atom stereocenters. The van der Waals surface area contributed by atoms with E-state index < -0.39 is 17.2 Å². The first kappa shape index (κ1) is 19.8. The Morgan fingerprint density at radius 3 is 2.28 bits per heavy atom. The van der Waals surface area contributed by atoms with Gasteiger partial charge in [0, 0.05) is 5.41 Å². The molecule has 2 rings (SSSR count). The number of halogens is 3. The number of benzene rings is 1. The summed E-state index contributed by atoms with van der Waals surface area (Å²) in [5.74, 6) is 0.792. The van der Waals surface area contributed by atoms with E-state index in [1.54, 1.807) is 0 Å². The monoisotopic (exact) mass is 355 g/mol. The van der Waals surface area contributed by atoms with Crippen molar-refractivity contribution in [3.8, 4) is 0 Å². The molecule has 0 aliphatic heterocycles. The molecule has 1 aromatic carbocycles. The van der Waals surface area contributed by atoms with Crippen LogP contribution in [0.4, 0.5) is 13.2 Å². The molecular weight excluding hydrogens is 327 g/mol. The smallest absolute Gasteiger partial charge is 0.349 e. The lowest BCUT2D eigenvalue weighted by molar-refractivity contribution is -0.137. The Morgan fingerprint density at radius 1 is 1.20 bits per heavy atom. The van der Waals surface area contributed by atoms with E-state index in [2.05, 4.69) is 12.2 Å². The van der Waals surface area contributed by atoms with Gasteiger partial charge in [0.25, 0.3) is 0 Å². The van der Waals surface area contributed by atoms with E-state index in [4.69, 9.17) is 0 Å². The molecule has 1 aliphatic rings. The van der Waals surface area contributed by atoms with Crippen LogP contribution >= 0.6 is 0 Å². The van der Waals surface area contributed by atoms with Gasteiger partial charge in [0.05, 0.1) is 11.6 Å². The van der Waals surface area contributed by atoms with Gasteiger partial charge in [-0.2, -0.15) is 13.2 Å². The third-order valence-corrected chi connectivity index (χ3v) is 4.90. The van der Waals surface area contributed by atoms with Crippen LogP contribution in [0.25, 0.3) is 0 Å². The Morgan fingerprint density at radius 2 is 1.80 bits per heavy atom. The summed E-state index contributed by atoms with van der Waals surface area (Å²) in [7, 11) is 0. The summed E-state index contributed by atoms with van der Waals surface area (Å²) >= 11 is 0. The lowest BCUT2D eigenvalue weighted by atomic mass is 9.92. The van der Waals surface area contributed by atoms with Crippen molar-refractivity contribution in [2.24, 2.45) is 17.3 Å². The van der Waals surface area contributed by atoms with Crippen LogP contribution in [0.1, 0.15) is 70.5 Å². The van der Waals surface area contributed by atoms with Crippen molar-refractivity contribution in [1.82, 2.24) is 5.32 Å². The fourth-order valence-electron chi connectivity index (χ4n) is 3.15. The third-order valence-electron chi connectivity index (χ3n) is 4.90. The molecule has 0 aromatic heterocycles. The number of unbranched alkanes of at least 4 members (excludes halogenated alkanes) is 1. The van der Waals surface area contributed by atoms with Crippen LogP contribution in [0, 0.1) is 17.3 Å². The quantitative estimate of drug-likeness (QED) is 0.693. The van der Waals surface area contributed by atoms with Gasteiger partial charge in [-0.1, -0.05) is 59.1 Å². The van der Waals surface area contributed by atoms with Crippen molar-refractivity contribution in [2.45, 2.75) is 65.6 Å². The maximum absolute atomic E-state index is 12.8. The molecule has 5 heteroatoms. The molecule has 0 radical (unpaired) electrons. The predicted octanol–water partition coefficient (Wildman–Crippen LogP) is 5.74. The SMILES string of the molecule is CCCC[C@@H]1C[C@@H]1C(NC(=O)C(C)(C)C)c1ccc(C(F)(F)F)cc1. The molecule has 1 fully saturated rings. The van der Waals surface area contributed by atoms with Gasteiger partial charge in [0.2, 0.25) is 5.91 Å². The zero-order valence-corrected chi connectivity index (χ0v) is 15.4. The third kappa shape index (κ3) is 5.23. The average Bonchev–Trinajstić information content (AvgIpc) is 3.28. The average molecular weight is 355 g/mol. The minimum Gasteiger partial charge on any atom is -0.349 e. The topological polar surface area (TPSA) is 29.1 Å². The Labute approximate surface area is 148 Å². The lowest BCUT2D eigenvalue weighted by Crippen LogP contribution is -2.38. The molecule has 0 saturated heterocycles. The van der Waals surface area contributed by atoms with Crippen molar-refractivity contribution in [2.75, 3.05) is 0 Å². The fraction of sp³-hybridized carbons (Fsp3) is 0.650. The van der Waals surface area contributed by atoms with Crippen molar-refractivity contribution in [3.05, 3.63) is 35.4 Å². The molecule has 140 valence electrons. The highest BCUT2D eigenvalue weighted by Crippen LogP contribution is 2.50. The summed E-state index contributed by atoms with van der Waals surface area (Å²) in [5.41, 5.74) is -0.428. The molecule has 0 heterocycles. The van der Waals surface area contributed by atoms with Gasteiger partial charge in [-0.3, -0.25) is 4.79 Å². The molecule has 25 heavy (non-hydrogen) atoms. The van der Waals surface area contributed by atoms with E-state index in [1.807, 2.05) is 20.8 Å². The molecule has 1 saturated carbocycles. The predicted molar refractivity (Wildman–Crippen MR) is 92.9 cm³/mol. The number of hydrogen-bond acceptors (Lipinski definition) is 1. The van der Waals surface area contributed by atoms with Crippen LogP contribution in [-0.2, 0) is 11.0 Å². The summed E-state index contributed by atoms with van der Waals surface area (Å²) in [6, 6.07) is 5.01. The zero-order valence-electron chi connectivity index (χ0n) is 15.4. The Bertz CT molecular complexity index is 586. The number of nitrogens with one attached hydrogen (secondary N) is 1. The fourth-order valence-corrected chi connectivity index (χ4v) is 3.15. The number of alkyl halides is 3. The number of carbonyl (C=O) groups excluding carboxylic acids is 1. The first-order valence-electron chi connectivity index (χ1n) is 9.02. The van der Waals surface area contributed by atoms with Gasteiger partial charge < -0.3 is 5.32 Å². The molecular formula is C20H28F3NO. The molecule has 1 aliphatic carbocycles. The Hall–Kier alpha value is -1.52. The van der Waals surface area contributed by atoms with Crippen LogP contribution < -0.4 is 5.32 Å². The zero-order chi connectivity index (χ0) is 18.8. The number of hydrogen-bond donors (Lipinski definition) is 1. The van der Waals surface area contributed by atoms with Gasteiger partial charge in [0.1, 0.15) is 0 Å². The van der Waals surface area contributed by atoms with Gasteiger partial charge >= 0.3 is 6.18 Å². The second-order valence-corrected chi connectivity index (χ2v) is 8.12. The minimum atomic E-state index is -4.34. The van der Waals surface area contributed by atoms with Gasteiger partial charge in [-0.05, 0) is 36.0 Å². The van der Waals surface area contributed by atoms with Gasteiger partial charge in [-0.25, -0.2) is 0 Å². The summed E-state index contributed by atoms with van der Waals surface area (Å²) in [6.45, 7) is 7.67. The summed E-state index contributed by atoms with van der Waals surface area (Å²) < 4.78 is 38.4. The van der Waals surface area contributed by atoms with Crippen LogP contribution in [-0.4, -0.2) is 5.91 Å². The van der Waals surface area contributed by atoms with Crippen LogP contribution in [0.2, 0.25) is 0 Å². The second kappa shape index (κ2) is 7.38. The number of rotatable bonds is 6. The van der Waals surface area contributed by atoms with Crippen molar-refractivity contribution < 1.29 is 18.0 Å². The molecule has 0 bridgehead atoms. The number of carbonyl (C=O) groups is 1. The summed E-state index contributed by atoms with van der Waals surface area (Å²) in [6.07, 6.45) is 0.0718. The highest BCUT2D eigenvalue weighted by Gasteiger charge is 2.44. The maximum Gasteiger partial charge on any atom is 0.416 e. The highest BCUT2D eigenvalue weighted by atomic mass is 19.4. The molecule has 1 N–H and O–H groups in total. The van der Waals surface area contributed by atoms with Crippen molar-refractivity contribution in [3.63, 3.8) is 0 Å². The van der Waals surface area contributed by atoms with Gasteiger partial charge in [0.15, 0.2) is 0 Å². The largest absolute Gasteiger partial charge is 0.416 e. The van der Waals surface area contributed by atoms with Crippen LogP contribution in [0.5, 0.6) is 0 Å². The molecule has 2 nitrogen and oxygen atoms in total. The first-order valence-corrected chi connectivity index (χ1v) is 9.02. The maximum atomic E-state index is 12.8. The summed E-state index contributed by atoms with van der Waals surface area (Å²) in [4.78, 5) is 12.4. The van der Waals surface area contributed by atoms with E-state index >= 15 is 0 Å². The van der Waals surface area contributed by atoms with Crippen molar-refractivity contribution in [1.29, 1.82) is 0 Å². The number of amides is 1. The normalized spacial score (nSPS) is 21.7.